The molecule has 466 valence electrons. The number of hydrazone groups is 1. The van der Waals surface area contributed by atoms with Crippen molar-refractivity contribution < 1.29 is 72.5 Å². The van der Waals surface area contributed by atoms with E-state index in [0.717, 1.165) is 50.1 Å². The molecule has 10 atom stereocenters. The van der Waals surface area contributed by atoms with Crippen LogP contribution in [-0.4, -0.2) is 158 Å². The number of anilines is 1. The number of aromatic nitrogens is 1. The molecule has 2 saturated carbocycles. The Hall–Kier alpha value is -7.53. The first-order chi connectivity index (χ1) is 41.2. The van der Waals surface area contributed by atoms with Crippen LogP contribution in [0.1, 0.15) is 157 Å². The number of carbonyl (C=O) groups is 6. The van der Waals surface area contributed by atoms with Crippen LogP contribution < -0.4 is 20.5 Å². The topological polar surface area (TPSA) is 276 Å². The Balaban J connectivity index is 0.915. The molecule has 5 N–H and O–H groups in total. The number of aryl methyl sites for hydroxylation is 1. The number of esters is 1. The number of fused-ring (bicyclic) bond motifs is 15. The zero-order chi connectivity index (χ0) is 63.0. The first kappa shape index (κ1) is 62.5. The number of nitrogens with one attached hydrogen (secondary N) is 1. The number of Topliss-reactive ketones (excluding diaryl/α,β-unsaturated/α-hetero) is 3. The van der Waals surface area contributed by atoms with E-state index in [1.807, 2.05) is 6.92 Å². The number of ketones is 3. The van der Waals surface area contributed by atoms with E-state index in [0.29, 0.717) is 55.8 Å². The molecule has 0 spiro atoms. The molecule has 0 unspecified atom stereocenters. The average Bonchev–Trinajstić information content (AvgIpc) is 1.69. The van der Waals surface area contributed by atoms with Crippen LogP contribution in [0.4, 0.5) is 10.1 Å². The van der Waals surface area contributed by atoms with E-state index in [-0.39, 0.29) is 57.0 Å². The number of aliphatic hydroxyl groups is 2. The molecule has 87 heavy (non-hydrogen) atoms. The number of nitrogens with zero attached hydrogens (tertiary/aromatic N) is 5. The number of methoxy groups -OCH3 is 1. The summed E-state index contributed by atoms with van der Waals surface area (Å²) < 4.78 is 41.3. The number of aromatic hydroxyl groups is 1. The molecule has 1 amide bonds. The molecular formula is C65H79FN6O15. The Kier molecular flexibility index (Phi) is 17.2. The fourth-order valence-corrected chi connectivity index (χ4v) is 14.2. The molecule has 4 fully saturated rings. The van der Waals surface area contributed by atoms with Gasteiger partial charge in [0.2, 0.25) is 5.78 Å². The molecule has 22 heteroatoms. The molecule has 2 saturated heterocycles. The standard InChI is InChI=1S/C65H79FN6O15/c1-31-13-12-14-32(2)61(80)68-50-44(56(77)47-48(57(50)78)55(76)37(7)59-49(47)60(79)64(9,87-59)85-26-20-46(84-11)33(3)58(86-38(8)73)36(6)54(75)35(5)53(31)74)28-67-71-24-18-41(19-25-71)69(10)65(21-22-65)40-17-23-70(29-40)52-34(4)51-42(39-15-16-39)27-43(63(82)83)62(81)72(51)30-45(52)66/h12-14,20,26-28,30-31,33,35-36,39-41,46,53-54,58,74-76H,15-19,21-25,29H2,1-11H3,(H,68,80)(H,82,83)/b13-12+,26-20+,32-14-,67-28-/t31-,33+,35+,36+,40+,46-,53-,54+,58+,64-/m0/s1. The molecule has 0 radical (unpaired) electrons. The number of halogens is 1. The van der Waals surface area contributed by atoms with Crippen LogP contribution in [0.2, 0.25) is 0 Å². The van der Waals surface area contributed by atoms with Gasteiger partial charge in [0.25, 0.3) is 17.2 Å². The minimum absolute atomic E-state index is 0.0463. The van der Waals surface area contributed by atoms with Crippen molar-refractivity contribution in [2.75, 3.05) is 45.2 Å². The zero-order valence-electron chi connectivity index (χ0n) is 51.1. The SMILES string of the molecule is CO[C@H]1/C=C/O[C@@]2(C)Oc3c(C)c(O)c4c(c3C2=O)C(=O)C(/C=N\N2CCC(N(C)C3([C@@H]5CCN(c6c(F)cn7c(=O)c(C(=O)O)cc(C8CC8)c7c6C)C5)CC3)CC2)=C(NC(=O)/C(C)=C\C=C\[C@H](C)[C@H](O)[C@@H](C)[C@@H](O)[C@@H](C)[C@H](OC(C)=O)[C@@H]1C)C4=O. The molecule has 3 aliphatic carbocycles. The van der Waals surface area contributed by atoms with Gasteiger partial charge in [-0.2, -0.15) is 5.10 Å². The zero-order valence-corrected chi connectivity index (χ0v) is 51.1. The third-order valence-corrected chi connectivity index (χ3v) is 19.8. The third kappa shape index (κ3) is 11.2. The molecule has 1 aromatic carbocycles. The molecule has 5 bridgehead atoms. The van der Waals surface area contributed by atoms with Crippen molar-refractivity contribution in [1.29, 1.82) is 0 Å². The highest BCUT2D eigenvalue weighted by atomic mass is 19.1. The number of phenolic OH excluding ortho intramolecular Hbond substituents is 1. The number of aliphatic hydroxyl groups excluding tert-OH is 2. The Morgan fingerprint density at radius 2 is 1.59 bits per heavy atom. The number of benzene rings is 1. The average molecular weight is 1200 g/mol. The second-order valence-electron chi connectivity index (χ2n) is 25.2. The number of pyridine rings is 2. The Bertz CT molecular complexity index is 3590. The van der Waals surface area contributed by atoms with Gasteiger partial charge in [-0.1, -0.05) is 45.9 Å². The number of ether oxygens (including phenoxy) is 4. The van der Waals surface area contributed by atoms with Gasteiger partial charge in [0, 0.05) is 93.5 Å². The fraction of sp³-hybridized carbons (Fsp3) is 0.538. The molecular weight excluding hydrogens is 1120 g/mol. The van der Waals surface area contributed by atoms with E-state index in [9.17, 15) is 49.2 Å². The molecule has 11 rings (SSSR count). The van der Waals surface area contributed by atoms with Crippen LogP contribution in [0.15, 0.2) is 69.6 Å². The summed E-state index contributed by atoms with van der Waals surface area (Å²) in [6, 6.07) is 1.60. The summed E-state index contributed by atoms with van der Waals surface area (Å²) in [5.74, 6) is -11.5. The number of amides is 1. The van der Waals surface area contributed by atoms with Gasteiger partial charge in [0.15, 0.2) is 11.6 Å². The predicted octanol–water partition coefficient (Wildman–Crippen LogP) is 7.08. The van der Waals surface area contributed by atoms with Crippen LogP contribution in [-0.2, 0) is 23.8 Å². The molecule has 8 aliphatic rings. The van der Waals surface area contributed by atoms with Crippen molar-refractivity contribution in [1.82, 2.24) is 19.6 Å². The Labute approximate surface area is 504 Å². The number of carbonyl (C=O) groups excluding carboxylic acids is 5. The maximum Gasteiger partial charge on any atom is 0.341 e. The number of carboxylic acids is 1. The van der Waals surface area contributed by atoms with Gasteiger partial charge in [0.05, 0.1) is 70.5 Å². The number of allylic oxidation sites excluding steroid dienone is 4. The highest BCUT2D eigenvalue weighted by Crippen LogP contribution is 2.54. The second kappa shape index (κ2) is 23.9. The third-order valence-electron chi connectivity index (χ3n) is 19.8. The van der Waals surface area contributed by atoms with Gasteiger partial charge in [-0.3, -0.25) is 43.1 Å². The fourth-order valence-electron chi connectivity index (χ4n) is 14.2. The van der Waals surface area contributed by atoms with Crippen molar-refractivity contribution in [3.05, 3.63) is 115 Å². The number of rotatable bonds is 10. The molecule has 21 nitrogen and oxygen atoms in total. The molecule has 2 aromatic heterocycles. The van der Waals surface area contributed by atoms with Gasteiger partial charge in [-0.25, -0.2) is 9.18 Å². The van der Waals surface area contributed by atoms with E-state index >= 15 is 9.18 Å². The smallest absolute Gasteiger partial charge is 0.341 e. The quantitative estimate of drug-likeness (QED) is 0.100. The number of piperidine rings is 1. The number of phenols is 1. The number of hydrogen-bond acceptors (Lipinski definition) is 18. The Morgan fingerprint density at radius 3 is 2.22 bits per heavy atom. The lowest BCUT2D eigenvalue weighted by Gasteiger charge is -2.42. The van der Waals surface area contributed by atoms with E-state index in [1.54, 1.807) is 44.9 Å². The van der Waals surface area contributed by atoms with Crippen molar-refractivity contribution >= 4 is 52.6 Å². The monoisotopic (exact) mass is 1200 g/mol. The van der Waals surface area contributed by atoms with Gasteiger partial charge in [-0.05, 0) is 108 Å². The van der Waals surface area contributed by atoms with Crippen molar-refractivity contribution in [2.45, 2.75) is 155 Å². The van der Waals surface area contributed by atoms with Crippen LogP contribution in [0.3, 0.4) is 0 Å². The highest BCUT2D eigenvalue weighted by molar-refractivity contribution is 6.37. The normalized spacial score (nSPS) is 30.4. The maximum atomic E-state index is 16.3. The lowest BCUT2D eigenvalue weighted by atomic mass is 9.78. The lowest BCUT2D eigenvalue weighted by molar-refractivity contribution is -0.160. The summed E-state index contributed by atoms with van der Waals surface area (Å²) in [4.78, 5) is 101. The van der Waals surface area contributed by atoms with E-state index < -0.39 is 123 Å². The van der Waals surface area contributed by atoms with Crippen molar-refractivity contribution in [3.63, 3.8) is 0 Å². The molecule has 5 aliphatic heterocycles. The molecule has 7 heterocycles. The van der Waals surface area contributed by atoms with Crippen LogP contribution >= 0.6 is 0 Å². The Morgan fingerprint density at radius 1 is 0.897 bits per heavy atom. The van der Waals surface area contributed by atoms with Gasteiger partial charge < -0.3 is 49.6 Å². The van der Waals surface area contributed by atoms with Crippen LogP contribution in [0.5, 0.6) is 11.5 Å². The predicted molar refractivity (Wildman–Crippen MR) is 319 cm³/mol. The summed E-state index contributed by atoms with van der Waals surface area (Å²) in [5.41, 5.74) is -1.01. The summed E-state index contributed by atoms with van der Waals surface area (Å²) in [6.07, 6.45) is 11.3. The summed E-state index contributed by atoms with van der Waals surface area (Å²) in [7, 11) is 3.55. The first-order valence-electron chi connectivity index (χ1n) is 30.1. The minimum atomic E-state index is -2.16. The molecule has 3 aromatic rings. The van der Waals surface area contributed by atoms with E-state index in [4.69, 9.17) is 24.0 Å². The van der Waals surface area contributed by atoms with Crippen molar-refractivity contribution in [3.8, 4) is 11.5 Å². The lowest BCUT2D eigenvalue weighted by Crippen LogP contribution is -2.50. The van der Waals surface area contributed by atoms with E-state index in [2.05, 4.69) is 22.2 Å². The largest absolute Gasteiger partial charge is 0.507 e. The number of carboxylic acid groups (broad SMARTS) is 1. The van der Waals surface area contributed by atoms with Gasteiger partial charge >= 0.3 is 17.7 Å². The van der Waals surface area contributed by atoms with E-state index in [1.165, 1.54) is 63.6 Å². The minimum Gasteiger partial charge on any atom is -0.507 e. The van der Waals surface area contributed by atoms with Crippen LogP contribution in [0, 0.1) is 49.3 Å². The maximum absolute atomic E-state index is 16.3. The number of aromatic carboxylic acids is 1. The number of hydrogen-bond donors (Lipinski definition) is 5. The van der Waals surface area contributed by atoms with Crippen molar-refractivity contribution in [2.24, 2.45) is 34.7 Å². The summed E-state index contributed by atoms with van der Waals surface area (Å²) >= 11 is 0. The van der Waals surface area contributed by atoms with Crippen LogP contribution in [0.25, 0.3) is 5.52 Å². The first-order valence-corrected chi connectivity index (χ1v) is 30.1. The van der Waals surface area contributed by atoms with Gasteiger partial charge in [-0.15, -0.1) is 0 Å². The van der Waals surface area contributed by atoms with Gasteiger partial charge in [0.1, 0.15) is 28.9 Å². The summed E-state index contributed by atoms with van der Waals surface area (Å²) in [5, 5.41) is 53.9. The summed E-state index contributed by atoms with van der Waals surface area (Å²) in [6.45, 7) is 16.2. The second-order valence-corrected chi connectivity index (χ2v) is 25.2. The highest BCUT2D eigenvalue weighted by Gasteiger charge is 2.56.